The lowest BCUT2D eigenvalue weighted by Crippen LogP contribution is -3.13. The largest absolute Gasteiger partial charge is 0.497 e. The van der Waals surface area contributed by atoms with Gasteiger partial charge >= 0.3 is 0 Å². The van der Waals surface area contributed by atoms with Crippen molar-refractivity contribution in [2.45, 2.75) is 25.4 Å². The molecule has 0 aromatic heterocycles. The SMILES string of the molecule is COc1ccc(C[NH+](CC(=O)Nc2c(Cl)cccc2Cl)C2CC2)cc1. The second-order valence-corrected chi connectivity index (χ2v) is 7.09. The molecule has 4 nitrogen and oxygen atoms in total. The molecular weight excluding hydrogens is 359 g/mol. The lowest BCUT2D eigenvalue weighted by atomic mass is 10.2. The average Bonchev–Trinajstić information content (AvgIpc) is 3.43. The van der Waals surface area contributed by atoms with Gasteiger partial charge in [-0.05, 0) is 36.4 Å². The first-order valence-electron chi connectivity index (χ1n) is 8.28. The number of para-hydroxylation sites is 1. The Balaban J connectivity index is 1.64. The van der Waals surface area contributed by atoms with Gasteiger partial charge in [0.25, 0.3) is 5.91 Å². The fourth-order valence-corrected chi connectivity index (χ4v) is 3.35. The summed E-state index contributed by atoms with van der Waals surface area (Å²) in [7, 11) is 1.65. The van der Waals surface area contributed by atoms with Crippen LogP contribution in [0.3, 0.4) is 0 Å². The molecule has 0 bridgehead atoms. The van der Waals surface area contributed by atoms with Crippen LogP contribution in [-0.4, -0.2) is 25.6 Å². The van der Waals surface area contributed by atoms with Crippen molar-refractivity contribution < 1.29 is 14.4 Å². The second-order valence-electron chi connectivity index (χ2n) is 6.28. The first-order chi connectivity index (χ1) is 12.1. The Kier molecular flexibility index (Phi) is 5.84. The van der Waals surface area contributed by atoms with Gasteiger partial charge in [-0.15, -0.1) is 0 Å². The maximum atomic E-state index is 12.5. The summed E-state index contributed by atoms with van der Waals surface area (Å²) in [5.41, 5.74) is 1.67. The Labute approximate surface area is 157 Å². The molecular formula is C19H21Cl2N2O2+. The topological polar surface area (TPSA) is 42.8 Å². The number of anilines is 1. The quantitative estimate of drug-likeness (QED) is 0.775. The van der Waals surface area contributed by atoms with Gasteiger partial charge in [0.15, 0.2) is 6.54 Å². The third kappa shape index (κ3) is 4.88. The van der Waals surface area contributed by atoms with Gasteiger partial charge in [0.1, 0.15) is 12.3 Å². The number of rotatable bonds is 7. The number of halogens is 2. The van der Waals surface area contributed by atoms with Crippen LogP contribution in [0.15, 0.2) is 42.5 Å². The lowest BCUT2D eigenvalue weighted by molar-refractivity contribution is -0.916. The number of methoxy groups -OCH3 is 1. The molecule has 1 atom stereocenters. The zero-order valence-electron chi connectivity index (χ0n) is 14.0. The molecule has 0 spiro atoms. The summed E-state index contributed by atoms with van der Waals surface area (Å²) in [5, 5.41) is 3.75. The van der Waals surface area contributed by atoms with E-state index in [9.17, 15) is 4.79 Å². The van der Waals surface area contributed by atoms with E-state index in [4.69, 9.17) is 27.9 Å². The molecule has 2 N–H and O–H groups in total. The average molecular weight is 380 g/mol. The van der Waals surface area contributed by atoms with Crippen LogP contribution in [-0.2, 0) is 11.3 Å². The molecule has 1 aliphatic rings. The highest BCUT2D eigenvalue weighted by molar-refractivity contribution is 6.39. The number of hydrogen-bond donors (Lipinski definition) is 2. The zero-order valence-corrected chi connectivity index (χ0v) is 15.5. The number of amides is 1. The van der Waals surface area contributed by atoms with Crippen molar-refractivity contribution in [2.24, 2.45) is 0 Å². The van der Waals surface area contributed by atoms with Crippen LogP contribution >= 0.6 is 23.2 Å². The van der Waals surface area contributed by atoms with E-state index in [1.54, 1.807) is 25.3 Å². The summed E-state index contributed by atoms with van der Waals surface area (Å²) in [5.74, 6) is 0.758. The number of carbonyl (C=O) groups excluding carboxylic acids is 1. The highest BCUT2D eigenvalue weighted by Crippen LogP contribution is 2.29. The van der Waals surface area contributed by atoms with Crippen molar-refractivity contribution in [1.82, 2.24) is 0 Å². The van der Waals surface area contributed by atoms with E-state index in [2.05, 4.69) is 5.32 Å². The summed E-state index contributed by atoms with van der Waals surface area (Å²) in [4.78, 5) is 13.7. The molecule has 2 aromatic rings. The molecule has 3 rings (SSSR count). The Morgan fingerprint density at radius 1 is 1.16 bits per heavy atom. The first kappa shape index (κ1) is 18.1. The van der Waals surface area contributed by atoms with Crippen molar-refractivity contribution in [3.8, 4) is 5.75 Å². The number of carbonyl (C=O) groups is 1. The van der Waals surface area contributed by atoms with Crippen molar-refractivity contribution >= 4 is 34.8 Å². The molecule has 6 heteroatoms. The summed E-state index contributed by atoms with van der Waals surface area (Å²) in [6.45, 7) is 1.19. The Morgan fingerprint density at radius 3 is 2.36 bits per heavy atom. The Morgan fingerprint density at radius 2 is 1.80 bits per heavy atom. The normalized spacial score (nSPS) is 14.8. The Bertz CT molecular complexity index is 725. The van der Waals surface area contributed by atoms with Crippen LogP contribution in [0.4, 0.5) is 5.69 Å². The number of benzene rings is 2. The van der Waals surface area contributed by atoms with Gasteiger partial charge in [0.05, 0.1) is 28.9 Å². The molecule has 0 radical (unpaired) electrons. The minimum absolute atomic E-state index is 0.0783. The molecule has 0 aliphatic heterocycles. The van der Waals surface area contributed by atoms with Crippen molar-refractivity contribution in [3.05, 3.63) is 58.1 Å². The maximum absolute atomic E-state index is 12.5. The Hall–Kier alpha value is -1.75. The fraction of sp³-hybridized carbons (Fsp3) is 0.316. The van der Waals surface area contributed by atoms with E-state index in [1.807, 2.05) is 24.3 Å². The van der Waals surface area contributed by atoms with Crippen LogP contribution in [0.2, 0.25) is 10.0 Å². The number of nitrogens with one attached hydrogen (secondary N) is 2. The molecule has 1 unspecified atom stereocenters. The summed E-state index contributed by atoms with van der Waals surface area (Å²) in [6, 6.07) is 13.7. The standard InChI is InChI=1S/C19H20Cl2N2O2/c1-25-15-9-5-13(6-10-15)11-23(14-7-8-14)12-18(24)22-19-16(20)3-2-4-17(19)21/h2-6,9-10,14H,7-8,11-12H2,1H3,(H,22,24)/p+1. The van der Waals surface area contributed by atoms with Gasteiger partial charge in [-0.1, -0.05) is 29.3 Å². The molecule has 0 saturated heterocycles. The van der Waals surface area contributed by atoms with Gasteiger partial charge in [0.2, 0.25) is 0 Å². The highest BCUT2D eigenvalue weighted by Gasteiger charge is 2.34. The van der Waals surface area contributed by atoms with E-state index in [0.717, 1.165) is 25.1 Å². The van der Waals surface area contributed by atoms with Crippen LogP contribution in [0.25, 0.3) is 0 Å². The molecule has 2 aromatic carbocycles. The predicted molar refractivity (Wildman–Crippen MR) is 101 cm³/mol. The van der Waals surface area contributed by atoms with Crippen LogP contribution in [0.1, 0.15) is 18.4 Å². The number of quaternary nitrogens is 1. The van der Waals surface area contributed by atoms with Crippen LogP contribution in [0.5, 0.6) is 5.75 Å². The third-order valence-corrected chi connectivity index (χ3v) is 4.99. The predicted octanol–water partition coefficient (Wildman–Crippen LogP) is 3.19. The maximum Gasteiger partial charge on any atom is 0.279 e. The van der Waals surface area contributed by atoms with Gasteiger partial charge in [-0.25, -0.2) is 0 Å². The van der Waals surface area contributed by atoms with E-state index < -0.39 is 0 Å². The molecule has 0 heterocycles. The highest BCUT2D eigenvalue weighted by atomic mass is 35.5. The monoisotopic (exact) mass is 379 g/mol. The summed E-state index contributed by atoms with van der Waals surface area (Å²) in [6.07, 6.45) is 2.32. The molecule has 1 fully saturated rings. The van der Waals surface area contributed by atoms with E-state index in [-0.39, 0.29) is 5.91 Å². The lowest BCUT2D eigenvalue weighted by Gasteiger charge is -2.19. The van der Waals surface area contributed by atoms with Gasteiger partial charge < -0.3 is 15.0 Å². The van der Waals surface area contributed by atoms with Gasteiger partial charge in [-0.3, -0.25) is 4.79 Å². The van der Waals surface area contributed by atoms with Crippen LogP contribution < -0.4 is 15.0 Å². The second kappa shape index (κ2) is 8.09. The molecule has 132 valence electrons. The van der Waals surface area contributed by atoms with E-state index in [1.165, 1.54) is 10.5 Å². The molecule has 1 aliphatic carbocycles. The van der Waals surface area contributed by atoms with Crippen molar-refractivity contribution in [3.63, 3.8) is 0 Å². The third-order valence-electron chi connectivity index (χ3n) is 4.36. The number of ether oxygens (including phenoxy) is 1. The van der Waals surface area contributed by atoms with E-state index in [0.29, 0.717) is 28.3 Å². The molecule has 1 amide bonds. The molecule has 1 saturated carbocycles. The summed E-state index contributed by atoms with van der Waals surface area (Å²) >= 11 is 12.3. The minimum atomic E-state index is -0.0783. The van der Waals surface area contributed by atoms with Gasteiger partial charge in [-0.2, -0.15) is 0 Å². The minimum Gasteiger partial charge on any atom is -0.497 e. The fourth-order valence-electron chi connectivity index (χ4n) is 2.86. The number of hydrogen-bond acceptors (Lipinski definition) is 2. The molecule has 25 heavy (non-hydrogen) atoms. The van der Waals surface area contributed by atoms with Crippen molar-refractivity contribution in [1.29, 1.82) is 0 Å². The first-order valence-corrected chi connectivity index (χ1v) is 9.04. The van der Waals surface area contributed by atoms with E-state index >= 15 is 0 Å². The van der Waals surface area contributed by atoms with Gasteiger partial charge in [0, 0.05) is 18.4 Å². The van der Waals surface area contributed by atoms with Crippen molar-refractivity contribution in [2.75, 3.05) is 19.0 Å². The summed E-state index contributed by atoms with van der Waals surface area (Å²) < 4.78 is 5.19. The smallest absolute Gasteiger partial charge is 0.279 e. The van der Waals surface area contributed by atoms with Crippen LogP contribution in [0, 0.1) is 0 Å². The zero-order chi connectivity index (χ0) is 17.8.